The maximum atomic E-state index is 12.0. The van der Waals surface area contributed by atoms with Crippen molar-refractivity contribution in [2.45, 2.75) is 13.0 Å². The number of methoxy groups -OCH3 is 1. The Morgan fingerprint density at radius 2 is 1.71 bits per heavy atom. The van der Waals surface area contributed by atoms with Gasteiger partial charge in [0.2, 0.25) is 5.91 Å². The summed E-state index contributed by atoms with van der Waals surface area (Å²) in [5, 5.41) is 3.85. The third-order valence-corrected chi connectivity index (χ3v) is 3.76. The first kappa shape index (κ1) is 15.7. The number of halogens is 2. The molecule has 0 aliphatic rings. The number of benzene rings is 2. The van der Waals surface area contributed by atoms with E-state index in [9.17, 15) is 4.79 Å². The first-order valence-corrected chi connectivity index (χ1v) is 7.18. The Kier molecular flexibility index (Phi) is 5.48. The van der Waals surface area contributed by atoms with Crippen molar-refractivity contribution in [1.82, 2.24) is 5.32 Å². The number of carbonyl (C=O) groups is 1. The van der Waals surface area contributed by atoms with Crippen LogP contribution in [0.5, 0.6) is 5.75 Å². The topological polar surface area (TPSA) is 38.3 Å². The summed E-state index contributed by atoms with van der Waals surface area (Å²) in [5.74, 6) is 0.661. The van der Waals surface area contributed by atoms with Crippen LogP contribution >= 0.6 is 23.2 Å². The highest BCUT2D eigenvalue weighted by atomic mass is 35.5. The zero-order valence-electron chi connectivity index (χ0n) is 11.5. The summed E-state index contributed by atoms with van der Waals surface area (Å²) in [6, 6.07) is 12.7. The van der Waals surface area contributed by atoms with E-state index < -0.39 is 0 Å². The van der Waals surface area contributed by atoms with Gasteiger partial charge in [-0.2, -0.15) is 0 Å². The lowest BCUT2D eigenvalue weighted by molar-refractivity contribution is -0.120. The molecule has 0 aromatic heterocycles. The molecule has 1 N–H and O–H groups in total. The largest absolute Gasteiger partial charge is 0.497 e. The summed E-state index contributed by atoms with van der Waals surface area (Å²) >= 11 is 12.1. The molecule has 0 spiro atoms. The normalized spacial score (nSPS) is 10.2. The van der Waals surface area contributed by atoms with Crippen molar-refractivity contribution in [2.75, 3.05) is 7.11 Å². The van der Waals surface area contributed by atoms with Crippen LogP contribution in [0, 0.1) is 0 Å². The van der Waals surface area contributed by atoms with Crippen LogP contribution in [0.3, 0.4) is 0 Å². The van der Waals surface area contributed by atoms with Crippen LogP contribution < -0.4 is 10.1 Å². The molecule has 0 bridgehead atoms. The quantitative estimate of drug-likeness (QED) is 0.907. The molecular weight excluding hydrogens is 309 g/mol. The van der Waals surface area contributed by atoms with Crippen LogP contribution in [0.25, 0.3) is 0 Å². The maximum absolute atomic E-state index is 12.0. The van der Waals surface area contributed by atoms with E-state index >= 15 is 0 Å². The van der Waals surface area contributed by atoms with E-state index in [0.29, 0.717) is 22.2 Å². The first-order valence-electron chi connectivity index (χ1n) is 6.42. The lowest BCUT2D eigenvalue weighted by Gasteiger charge is -2.08. The molecule has 0 aliphatic heterocycles. The zero-order valence-corrected chi connectivity index (χ0v) is 13.0. The smallest absolute Gasteiger partial charge is 0.224 e. The predicted molar refractivity (Wildman–Crippen MR) is 85.0 cm³/mol. The molecule has 1 amide bonds. The van der Waals surface area contributed by atoms with E-state index in [1.54, 1.807) is 25.3 Å². The van der Waals surface area contributed by atoms with E-state index in [1.807, 2.05) is 24.3 Å². The predicted octanol–water partition coefficient (Wildman–Crippen LogP) is 3.86. The minimum absolute atomic E-state index is 0.124. The monoisotopic (exact) mass is 323 g/mol. The van der Waals surface area contributed by atoms with Crippen molar-refractivity contribution in [3.8, 4) is 5.75 Å². The number of ether oxygens (including phenoxy) is 1. The fraction of sp³-hybridized carbons (Fsp3) is 0.188. The van der Waals surface area contributed by atoms with Crippen LogP contribution in [0.2, 0.25) is 10.0 Å². The molecule has 2 rings (SSSR count). The van der Waals surface area contributed by atoms with Crippen molar-refractivity contribution in [3.63, 3.8) is 0 Å². The van der Waals surface area contributed by atoms with Crippen LogP contribution in [0.15, 0.2) is 42.5 Å². The number of amides is 1. The van der Waals surface area contributed by atoms with Crippen LogP contribution in [-0.4, -0.2) is 13.0 Å². The lowest BCUT2D eigenvalue weighted by Crippen LogP contribution is -2.24. The van der Waals surface area contributed by atoms with Gasteiger partial charge in [0, 0.05) is 16.6 Å². The molecule has 5 heteroatoms. The van der Waals surface area contributed by atoms with Gasteiger partial charge in [0.25, 0.3) is 0 Å². The van der Waals surface area contributed by atoms with Crippen LogP contribution in [-0.2, 0) is 17.8 Å². The molecule has 0 unspecified atom stereocenters. The van der Waals surface area contributed by atoms with Crippen molar-refractivity contribution in [3.05, 3.63) is 63.6 Å². The van der Waals surface area contributed by atoms with Crippen molar-refractivity contribution in [2.24, 2.45) is 0 Å². The SMILES string of the molecule is COc1ccc(CNC(=O)Cc2c(Cl)cccc2Cl)cc1. The summed E-state index contributed by atoms with van der Waals surface area (Å²) < 4.78 is 5.08. The van der Waals surface area contributed by atoms with Gasteiger partial charge < -0.3 is 10.1 Å². The molecule has 2 aromatic rings. The fourth-order valence-corrected chi connectivity index (χ4v) is 2.40. The Bertz CT molecular complexity index is 606. The highest BCUT2D eigenvalue weighted by molar-refractivity contribution is 6.36. The molecule has 0 saturated heterocycles. The van der Waals surface area contributed by atoms with Gasteiger partial charge in [-0.3, -0.25) is 4.79 Å². The summed E-state index contributed by atoms with van der Waals surface area (Å²) in [6.45, 7) is 0.449. The van der Waals surface area contributed by atoms with E-state index in [-0.39, 0.29) is 12.3 Å². The standard InChI is InChI=1S/C16H15Cl2NO2/c1-21-12-7-5-11(6-8-12)10-19-16(20)9-13-14(17)3-2-4-15(13)18/h2-8H,9-10H2,1H3,(H,19,20). The van der Waals surface area contributed by atoms with Crippen LogP contribution in [0.4, 0.5) is 0 Å². The summed E-state index contributed by atoms with van der Waals surface area (Å²) in [4.78, 5) is 12.0. The molecule has 0 saturated carbocycles. The van der Waals surface area contributed by atoms with Gasteiger partial charge in [-0.15, -0.1) is 0 Å². The molecule has 2 aromatic carbocycles. The Labute approximate surface area is 133 Å². The van der Waals surface area contributed by atoms with E-state index in [2.05, 4.69) is 5.32 Å². The minimum Gasteiger partial charge on any atom is -0.497 e. The molecule has 21 heavy (non-hydrogen) atoms. The van der Waals surface area contributed by atoms with Gasteiger partial charge in [-0.1, -0.05) is 41.4 Å². The van der Waals surface area contributed by atoms with Crippen molar-refractivity contribution >= 4 is 29.1 Å². The van der Waals surface area contributed by atoms with Gasteiger partial charge in [0.05, 0.1) is 13.5 Å². The van der Waals surface area contributed by atoms with E-state index in [4.69, 9.17) is 27.9 Å². The molecule has 0 aliphatic carbocycles. The maximum Gasteiger partial charge on any atom is 0.224 e. The number of carbonyl (C=O) groups excluding carboxylic acids is 1. The number of nitrogens with one attached hydrogen (secondary N) is 1. The highest BCUT2D eigenvalue weighted by Gasteiger charge is 2.10. The van der Waals surface area contributed by atoms with Gasteiger partial charge in [0.15, 0.2) is 0 Å². The molecule has 0 heterocycles. The zero-order chi connectivity index (χ0) is 15.2. The van der Waals surface area contributed by atoms with E-state index in [1.165, 1.54) is 0 Å². The molecule has 3 nitrogen and oxygen atoms in total. The summed E-state index contributed by atoms with van der Waals surface area (Å²) in [7, 11) is 1.62. The second-order valence-electron chi connectivity index (χ2n) is 4.50. The Morgan fingerprint density at radius 3 is 2.29 bits per heavy atom. The van der Waals surface area contributed by atoms with Gasteiger partial charge in [-0.05, 0) is 35.4 Å². The number of hydrogen-bond acceptors (Lipinski definition) is 2. The number of hydrogen-bond donors (Lipinski definition) is 1. The van der Waals surface area contributed by atoms with Crippen molar-refractivity contribution < 1.29 is 9.53 Å². The Balaban J connectivity index is 1.92. The van der Waals surface area contributed by atoms with Gasteiger partial charge in [-0.25, -0.2) is 0 Å². The number of rotatable bonds is 5. The molecule has 0 radical (unpaired) electrons. The second-order valence-corrected chi connectivity index (χ2v) is 5.32. The average Bonchev–Trinajstić information content (AvgIpc) is 2.49. The van der Waals surface area contributed by atoms with E-state index in [0.717, 1.165) is 11.3 Å². The Hall–Kier alpha value is -1.71. The molecule has 110 valence electrons. The van der Waals surface area contributed by atoms with Gasteiger partial charge >= 0.3 is 0 Å². The van der Waals surface area contributed by atoms with Crippen LogP contribution in [0.1, 0.15) is 11.1 Å². The fourth-order valence-electron chi connectivity index (χ4n) is 1.87. The lowest BCUT2D eigenvalue weighted by atomic mass is 10.1. The molecular formula is C16H15Cl2NO2. The first-order chi connectivity index (χ1) is 10.1. The molecule has 0 atom stereocenters. The summed E-state index contributed by atoms with van der Waals surface area (Å²) in [6.07, 6.45) is 0.161. The Morgan fingerprint density at radius 1 is 1.10 bits per heavy atom. The average molecular weight is 324 g/mol. The third-order valence-electron chi connectivity index (χ3n) is 3.05. The van der Waals surface area contributed by atoms with Crippen molar-refractivity contribution in [1.29, 1.82) is 0 Å². The minimum atomic E-state index is -0.124. The molecule has 0 fully saturated rings. The third kappa shape index (κ3) is 4.38. The second kappa shape index (κ2) is 7.34. The highest BCUT2D eigenvalue weighted by Crippen LogP contribution is 2.24. The van der Waals surface area contributed by atoms with Gasteiger partial charge in [0.1, 0.15) is 5.75 Å². The summed E-state index contributed by atoms with van der Waals surface area (Å²) in [5.41, 5.74) is 1.64.